The molecule has 3 atom stereocenters. The van der Waals surface area contributed by atoms with Crippen LogP contribution in [-0.4, -0.2) is 5.25 Å². The monoisotopic (exact) mass is 281 g/mol. The van der Waals surface area contributed by atoms with Gasteiger partial charge in [0.1, 0.15) is 5.82 Å². The summed E-state index contributed by atoms with van der Waals surface area (Å²) in [6.45, 7) is 6.08. The van der Waals surface area contributed by atoms with Gasteiger partial charge in [-0.1, -0.05) is 19.8 Å². The molecule has 19 heavy (non-hydrogen) atoms. The van der Waals surface area contributed by atoms with Crippen molar-refractivity contribution in [1.29, 1.82) is 0 Å². The number of hydrogen-bond acceptors (Lipinski definition) is 2. The molecule has 0 aliphatic heterocycles. The summed E-state index contributed by atoms with van der Waals surface area (Å²) < 4.78 is 13.7. The van der Waals surface area contributed by atoms with Crippen LogP contribution in [0.4, 0.5) is 4.39 Å². The number of aryl methyl sites for hydroxylation is 1. The molecule has 0 aromatic heterocycles. The van der Waals surface area contributed by atoms with Crippen LogP contribution in [0.15, 0.2) is 17.0 Å². The van der Waals surface area contributed by atoms with Gasteiger partial charge in [-0.15, -0.1) is 11.8 Å². The highest BCUT2D eigenvalue weighted by Crippen LogP contribution is 2.39. The Hall–Kier alpha value is -0.540. The molecule has 106 valence electrons. The Morgan fingerprint density at radius 3 is 2.74 bits per heavy atom. The second-order valence-corrected chi connectivity index (χ2v) is 7.28. The van der Waals surface area contributed by atoms with Gasteiger partial charge in [0.05, 0.1) is 0 Å². The molecule has 1 nitrogen and oxygen atoms in total. The van der Waals surface area contributed by atoms with E-state index in [-0.39, 0.29) is 11.9 Å². The molecule has 0 bridgehead atoms. The zero-order valence-corrected chi connectivity index (χ0v) is 12.9. The average molecular weight is 281 g/mol. The lowest BCUT2D eigenvalue weighted by molar-refractivity contribution is 0.394. The van der Waals surface area contributed by atoms with Crippen molar-refractivity contribution in [2.45, 2.75) is 62.6 Å². The molecule has 1 aliphatic rings. The number of thioether (sulfide) groups is 1. The molecule has 2 N–H and O–H groups in total. The minimum absolute atomic E-state index is 0.112. The molecule has 0 radical (unpaired) electrons. The lowest BCUT2D eigenvalue weighted by Crippen LogP contribution is -2.16. The first-order valence-corrected chi connectivity index (χ1v) is 8.07. The second kappa shape index (κ2) is 6.27. The highest BCUT2D eigenvalue weighted by Gasteiger charge is 2.22. The highest BCUT2D eigenvalue weighted by molar-refractivity contribution is 8.00. The zero-order chi connectivity index (χ0) is 14.0. The molecular formula is C16H24FNS. The van der Waals surface area contributed by atoms with Gasteiger partial charge < -0.3 is 5.73 Å². The van der Waals surface area contributed by atoms with Gasteiger partial charge in [-0.25, -0.2) is 4.39 Å². The maximum absolute atomic E-state index is 13.7. The average Bonchev–Trinajstić information content (AvgIpc) is 2.33. The molecule has 3 heteroatoms. The number of rotatable bonds is 3. The Labute approximate surface area is 120 Å². The summed E-state index contributed by atoms with van der Waals surface area (Å²) in [5.74, 6) is 0.667. The van der Waals surface area contributed by atoms with E-state index in [1.165, 1.54) is 30.6 Å². The van der Waals surface area contributed by atoms with Gasteiger partial charge in [0.25, 0.3) is 0 Å². The van der Waals surface area contributed by atoms with E-state index in [0.717, 1.165) is 17.0 Å². The molecule has 0 heterocycles. The van der Waals surface area contributed by atoms with Crippen LogP contribution in [0, 0.1) is 18.7 Å². The van der Waals surface area contributed by atoms with Gasteiger partial charge in [0.2, 0.25) is 0 Å². The number of halogens is 1. The summed E-state index contributed by atoms with van der Waals surface area (Å²) in [7, 11) is 0. The molecular weight excluding hydrogens is 257 g/mol. The van der Waals surface area contributed by atoms with E-state index < -0.39 is 0 Å². The van der Waals surface area contributed by atoms with Gasteiger partial charge >= 0.3 is 0 Å². The number of hydrogen-bond donors (Lipinski definition) is 1. The van der Waals surface area contributed by atoms with E-state index in [2.05, 4.69) is 6.92 Å². The van der Waals surface area contributed by atoms with Crippen molar-refractivity contribution in [1.82, 2.24) is 0 Å². The van der Waals surface area contributed by atoms with E-state index in [1.54, 1.807) is 6.07 Å². The van der Waals surface area contributed by atoms with Crippen LogP contribution in [0.3, 0.4) is 0 Å². The van der Waals surface area contributed by atoms with Crippen molar-refractivity contribution >= 4 is 11.8 Å². The Bertz CT molecular complexity index is 445. The fourth-order valence-electron chi connectivity index (χ4n) is 2.79. The Morgan fingerprint density at radius 1 is 1.37 bits per heavy atom. The molecule has 0 amide bonds. The lowest BCUT2D eigenvalue weighted by atomic mass is 9.91. The summed E-state index contributed by atoms with van der Waals surface area (Å²) in [6, 6.07) is 3.48. The van der Waals surface area contributed by atoms with Crippen LogP contribution >= 0.6 is 11.8 Å². The first-order valence-electron chi connectivity index (χ1n) is 7.19. The van der Waals surface area contributed by atoms with Crippen LogP contribution in [-0.2, 0) is 0 Å². The third kappa shape index (κ3) is 3.73. The van der Waals surface area contributed by atoms with Crippen molar-refractivity contribution in [2.75, 3.05) is 0 Å². The molecule has 2 rings (SSSR count). The molecule has 1 aliphatic carbocycles. The van der Waals surface area contributed by atoms with E-state index >= 15 is 0 Å². The van der Waals surface area contributed by atoms with Crippen molar-refractivity contribution in [3.8, 4) is 0 Å². The quantitative estimate of drug-likeness (QED) is 0.859. The highest BCUT2D eigenvalue weighted by atomic mass is 32.2. The van der Waals surface area contributed by atoms with Crippen molar-refractivity contribution < 1.29 is 4.39 Å². The maximum atomic E-state index is 13.7. The van der Waals surface area contributed by atoms with Gasteiger partial charge in [-0.3, -0.25) is 0 Å². The fraction of sp³-hybridized carbons (Fsp3) is 0.625. The minimum Gasteiger partial charge on any atom is -0.324 e. The topological polar surface area (TPSA) is 26.0 Å². The normalized spacial score (nSPS) is 25.3. The van der Waals surface area contributed by atoms with Crippen LogP contribution in [0.5, 0.6) is 0 Å². The Balaban J connectivity index is 2.20. The first-order chi connectivity index (χ1) is 8.97. The van der Waals surface area contributed by atoms with E-state index in [9.17, 15) is 4.39 Å². The Morgan fingerprint density at radius 2 is 2.11 bits per heavy atom. The van der Waals surface area contributed by atoms with Crippen LogP contribution < -0.4 is 5.73 Å². The number of nitrogens with two attached hydrogens (primary N) is 1. The van der Waals surface area contributed by atoms with Crippen molar-refractivity contribution in [3.63, 3.8) is 0 Å². The van der Waals surface area contributed by atoms with Gasteiger partial charge in [-0.2, -0.15) is 0 Å². The van der Waals surface area contributed by atoms with Gasteiger partial charge in [0.15, 0.2) is 0 Å². The smallest absolute Gasteiger partial charge is 0.126 e. The molecule has 1 fully saturated rings. The third-order valence-electron chi connectivity index (χ3n) is 3.96. The van der Waals surface area contributed by atoms with E-state index in [1.807, 2.05) is 31.7 Å². The first kappa shape index (κ1) is 14.9. The second-order valence-electron chi connectivity index (χ2n) is 5.94. The molecule has 1 aromatic rings. The molecule has 3 unspecified atom stereocenters. The van der Waals surface area contributed by atoms with E-state index in [4.69, 9.17) is 5.73 Å². The molecule has 1 saturated carbocycles. The van der Waals surface area contributed by atoms with Gasteiger partial charge in [-0.05, 0) is 55.9 Å². The fourth-order valence-corrected chi connectivity index (χ4v) is 4.49. The molecule has 0 saturated heterocycles. The lowest BCUT2D eigenvalue weighted by Gasteiger charge is -2.27. The van der Waals surface area contributed by atoms with E-state index in [0.29, 0.717) is 5.25 Å². The van der Waals surface area contributed by atoms with Crippen molar-refractivity contribution in [2.24, 2.45) is 11.7 Å². The summed E-state index contributed by atoms with van der Waals surface area (Å²) >= 11 is 1.90. The number of benzene rings is 1. The van der Waals surface area contributed by atoms with Crippen LogP contribution in [0.1, 0.15) is 56.7 Å². The SMILES string of the molecule is Cc1cc(SC2CCCC(C)C2)c(C(C)N)cc1F. The minimum atomic E-state index is -0.145. The summed E-state index contributed by atoms with van der Waals surface area (Å²) in [6.07, 6.45) is 5.19. The predicted octanol–water partition coefficient (Wildman–Crippen LogP) is 4.82. The summed E-state index contributed by atoms with van der Waals surface area (Å²) in [5, 5.41) is 0.658. The van der Waals surface area contributed by atoms with Gasteiger partial charge in [0, 0.05) is 16.2 Å². The molecule has 0 spiro atoms. The largest absolute Gasteiger partial charge is 0.324 e. The summed E-state index contributed by atoms with van der Waals surface area (Å²) in [4.78, 5) is 1.17. The van der Waals surface area contributed by atoms with Crippen LogP contribution in [0.25, 0.3) is 0 Å². The van der Waals surface area contributed by atoms with Crippen molar-refractivity contribution in [3.05, 3.63) is 29.1 Å². The zero-order valence-electron chi connectivity index (χ0n) is 12.1. The summed E-state index contributed by atoms with van der Waals surface area (Å²) in [5.41, 5.74) is 7.65. The maximum Gasteiger partial charge on any atom is 0.126 e. The Kier molecular flexibility index (Phi) is 4.91. The molecule has 1 aromatic carbocycles. The predicted molar refractivity (Wildman–Crippen MR) is 81.0 cm³/mol. The van der Waals surface area contributed by atoms with Crippen LogP contribution in [0.2, 0.25) is 0 Å². The third-order valence-corrected chi connectivity index (χ3v) is 5.33. The standard InChI is InChI=1S/C16H24FNS/c1-10-5-4-6-13(7-10)19-16-8-11(2)15(17)9-14(16)12(3)18/h8-10,12-13H,4-7,18H2,1-3H3.